The topological polar surface area (TPSA) is 82.0 Å². The van der Waals surface area contributed by atoms with Crippen LogP contribution < -0.4 is 10.6 Å². The predicted molar refractivity (Wildman–Crippen MR) is 61.4 cm³/mol. The molecular weight excluding hydrogens is 293 g/mol. The van der Waals surface area contributed by atoms with Gasteiger partial charge in [0, 0.05) is 4.47 Å². The Morgan fingerprint density at radius 3 is 2.71 bits per heavy atom. The molecule has 17 heavy (non-hydrogen) atoms. The molecule has 0 radical (unpaired) electrons. The Bertz CT molecular complexity index is 479. The van der Waals surface area contributed by atoms with E-state index in [-0.39, 0.29) is 12.2 Å². The van der Waals surface area contributed by atoms with Crippen molar-refractivity contribution in [1.29, 1.82) is 5.26 Å². The highest BCUT2D eigenvalue weighted by Crippen LogP contribution is 2.24. The highest BCUT2D eigenvalue weighted by atomic mass is 79.9. The van der Waals surface area contributed by atoms with E-state index in [9.17, 15) is 14.0 Å². The van der Waals surface area contributed by atoms with E-state index in [1.807, 2.05) is 5.32 Å². The lowest BCUT2D eigenvalue weighted by molar-refractivity contribution is -0.136. The Hall–Kier alpha value is -1.94. The van der Waals surface area contributed by atoms with Crippen molar-refractivity contribution >= 4 is 33.4 Å². The summed E-state index contributed by atoms with van der Waals surface area (Å²) in [5.41, 5.74) is -0.121. The number of halogens is 2. The van der Waals surface area contributed by atoms with Gasteiger partial charge in [0.15, 0.2) is 0 Å². The smallest absolute Gasteiger partial charge is 0.313 e. The van der Waals surface area contributed by atoms with Gasteiger partial charge >= 0.3 is 11.8 Å². The summed E-state index contributed by atoms with van der Waals surface area (Å²) in [5.74, 6) is -2.70. The third-order valence-electron chi connectivity index (χ3n) is 1.74. The van der Waals surface area contributed by atoms with Crippen LogP contribution >= 0.6 is 15.9 Å². The van der Waals surface area contributed by atoms with Crippen LogP contribution in [0.4, 0.5) is 10.1 Å². The van der Waals surface area contributed by atoms with E-state index < -0.39 is 17.6 Å². The first-order chi connectivity index (χ1) is 8.06. The molecule has 0 bridgehead atoms. The number of carbonyl (C=O) groups is 2. The second-order valence-corrected chi connectivity index (χ2v) is 3.75. The van der Waals surface area contributed by atoms with E-state index in [1.54, 1.807) is 6.07 Å². The van der Waals surface area contributed by atoms with E-state index in [0.29, 0.717) is 4.47 Å². The molecule has 0 unspecified atom stereocenters. The Balaban J connectivity index is 2.75. The minimum absolute atomic E-state index is 0.121. The first-order valence-electron chi connectivity index (χ1n) is 4.46. The average molecular weight is 300 g/mol. The standard InChI is InChI=1S/C10H7BrFN3O2/c11-6-2-1-3-7(12)8(6)15-10(17)9(16)14-5-4-13/h1-3H,5H2,(H,14,16)(H,15,17). The number of hydrogen-bond donors (Lipinski definition) is 2. The summed E-state index contributed by atoms with van der Waals surface area (Å²) in [6.07, 6.45) is 0. The van der Waals surface area contributed by atoms with Crippen molar-refractivity contribution in [2.75, 3.05) is 11.9 Å². The molecule has 0 fully saturated rings. The number of para-hydroxylation sites is 1. The van der Waals surface area contributed by atoms with E-state index in [4.69, 9.17) is 5.26 Å². The fourth-order valence-corrected chi connectivity index (χ4v) is 1.43. The number of benzene rings is 1. The first-order valence-corrected chi connectivity index (χ1v) is 5.25. The van der Waals surface area contributed by atoms with E-state index in [1.165, 1.54) is 12.1 Å². The maximum absolute atomic E-state index is 13.3. The van der Waals surface area contributed by atoms with Crippen molar-refractivity contribution in [1.82, 2.24) is 5.32 Å². The Morgan fingerprint density at radius 2 is 2.12 bits per heavy atom. The minimum Gasteiger partial charge on any atom is -0.335 e. The first kappa shape index (κ1) is 13.1. The number of amides is 2. The largest absolute Gasteiger partial charge is 0.335 e. The molecule has 1 rings (SSSR count). The molecule has 0 aliphatic heterocycles. The van der Waals surface area contributed by atoms with Crippen LogP contribution in [0.2, 0.25) is 0 Å². The molecule has 1 aromatic carbocycles. The third kappa shape index (κ3) is 3.53. The van der Waals surface area contributed by atoms with Crippen LogP contribution in [-0.4, -0.2) is 18.4 Å². The molecule has 0 saturated carbocycles. The van der Waals surface area contributed by atoms with Crippen LogP contribution in [0.15, 0.2) is 22.7 Å². The Labute approximate surface area is 105 Å². The lowest BCUT2D eigenvalue weighted by atomic mass is 10.3. The van der Waals surface area contributed by atoms with Crippen LogP contribution in [0, 0.1) is 17.1 Å². The van der Waals surface area contributed by atoms with Crippen LogP contribution in [0.3, 0.4) is 0 Å². The highest BCUT2D eigenvalue weighted by molar-refractivity contribution is 9.10. The van der Waals surface area contributed by atoms with Gasteiger partial charge in [-0.15, -0.1) is 0 Å². The van der Waals surface area contributed by atoms with Crippen LogP contribution in [0.25, 0.3) is 0 Å². The summed E-state index contributed by atoms with van der Waals surface area (Å²) in [4.78, 5) is 22.4. The molecule has 0 spiro atoms. The molecule has 88 valence electrons. The molecule has 2 amide bonds. The zero-order valence-corrected chi connectivity index (χ0v) is 10.0. The van der Waals surface area contributed by atoms with Gasteiger partial charge in [0.25, 0.3) is 0 Å². The molecule has 0 atom stereocenters. The van der Waals surface area contributed by atoms with Crippen molar-refractivity contribution in [3.8, 4) is 6.07 Å². The van der Waals surface area contributed by atoms with Crippen molar-refractivity contribution in [2.24, 2.45) is 0 Å². The molecule has 5 nitrogen and oxygen atoms in total. The number of carbonyl (C=O) groups excluding carboxylic acids is 2. The maximum atomic E-state index is 13.3. The zero-order chi connectivity index (χ0) is 12.8. The molecular formula is C10H7BrFN3O2. The van der Waals surface area contributed by atoms with Crippen molar-refractivity contribution in [3.05, 3.63) is 28.5 Å². The lowest BCUT2D eigenvalue weighted by Gasteiger charge is -2.07. The van der Waals surface area contributed by atoms with Gasteiger partial charge in [0.05, 0.1) is 11.8 Å². The summed E-state index contributed by atoms with van der Waals surface area (Å²) < 4.78 is 13.6. The number of nitrogens with one attached hydrogen (secondary N) is 2. The molecule has 7 heteroatoms. The number of anilines is 1. The molecule has 0 aromatic heterocycles. The highest BCUT2D eigenvalue weighted by Gasteiger charge is 2.16. The lowest BCUT2D eigenvalue weighted by Crippen LogP contribution is -2.35. The second-order valence-electron chi connectivity index (χ2n) is 2.89. The van der Waals surface area contributed by atoms with E-state index in [2.05, 4.69) is 21.2 Å². The number of rotatable bonds is 2. The van der Waals surface area contributed by atoms with Crippen molar-refractivity contribution in [2.45, 2.75) is 0 Å². The van der Waals surface area contributed by atoms with Crippen LogP contribution in [-0.2, 0) is 9.59 Å². The predicted octanol–water partition coefficient (Wildman–Crippen LogP) is 1.17. The monoisotopic (exact) mass is 299 g/mol. The maximum Gasteiger partial charge on any atom is 0.313 e. The van der Waals surface area contributed by atoms with Gasteiger partial charge in [0.1, 0.15) is 12.4 Å². The zero-order valence-electron chi connectivity index (χ0n) is 8.46. The van der Waals surface area contributed by atoms with E-state index >= 15 is 0 Å². The Kier molecular flexibility index (Phi) is 4.60. The second kappa shape index (κ2) is 5.96. The molecule has 2 N–H and O–H groups in total. The normalized spacial score (nSPS) is 9.24. The molecule has 1 aromatic rings. The van der Waals surface area contributed by atoms with Gasteiger partial charge in [-0.3, -0.25) is 9.59 Å². The fourth-order valence-electron chi connectivity index (χ4n) is 0.988. The summed E-state index contributed by atoms with van der Waals surface area (Å²) in [6.45, 7) is -0.287. The number of hydrogen-bond acceptors (Lipinski definition) is 3. The summed E-state index contributed by atoms with van der Waals surface area (Å²) in [7, 11) is 0. The summed E-state index contributed by atoms with van der Waals surface area (Å²) in [5, 5.41) is 12.4. The van der Waals surface area contributed by atoms with Crippen molar-refractivity contribution < 1.29 is 14.0 Å². The minimum atomic E-state index is -1.04. The molecule has 0 saturated heterocycles. The fraction of sp³-hybridized carbons (Fsp3) is 0.100. The number of nitrogens with zero attached hydrogens (tertiary/aromatic N) is 1. The van der Waals surface area contributed by atoms with Gasteiger partial charge in [0.2, 0.25) is 0 Å². The van der Waals surface area contributed by atoms with Crippen molar-refractivity contribution in [3.63, 3.8) is 0 Å². The van der Waals surface area contributed by atoms with Gasteiger partial charge in [-0.2, -0.15) is 5.26 Å². The number of nitriles is 1. The molecule has 0 aliphatic rings. The van der Waals surface area contributed by atoms with E-state index in [0.717, 1.165) is 6.07 Å². The van der Waals surface area contributed by atoms with Gasteiger partial charge in [-0.1, -0.05) is 6.07 Å². The SMILES string of the molecule is N#CCNC(=O)C(=O)Nc1c(F)cccc1Br. The Morgan fingerprint density at radius 1 is 1.41 bits per heavy atom. The van der Waals surface area contributed by atoms with Crippen LogP contribution in [0.5, 0.6) is 0 Å². The van der Waals surface area contributed by atoms with Crippen LogP contribution in [0.1, 0.15) is 0 Å². The third-order valence-corrected chi connectivity index (χ3v) is 2.40. The summed E-state index contributed by atoms with van der Waals surface area (Å²) >= 11 is 3.04. The average Bonchev–Trinajstić information content (AvgIpc) is 2.30. The van der Waals surface area contributed by atoms with Gasteiger partial charge < -0.3 is 10.6 Å². The molecule has 0 aliphatic carbocycles. The summed E-state index contributed by atoms with van der Waals surface area (Å²) in [6, 6.07) is 5.76. The molecule has 0 heterocycles. The van der Waals surface area contributed by atoms with Gasteiger partial charge in [-0.25, -0.2) is 4.39 Å². The quantitative estimate of drug-likeness (QED) is 0.635. The van der Waals surface area contributed by atoms with Gasteiger partial charge in [-0.05, 0) is 28.1 Å².